The molecule has 2 aromatic heterocycles. The standard InChI is InChI=1S/C19H25N5O/c25-19(21-13-15-14-24-12-5-2-8-17(24)22-15)16-7-6-9-20-18(16)23-10-3-1-4-11-23/h6-7,9,14H,1-5,8,10-13H2,(H,21,25). The van der Waals surface area contributed by atoms with Gasteiger partial charge in [0.1, 0.15) is 11.6 Å². The average molecular weight is 339 g/mol. The maximum absolute atomic E-state index is 12.7. The molecule has 132 valence electrons. The van der Waals surface area contributed by atoms with Gasteiger partial charge in [0.2, 0.25) is 0 Å². The monoisotopic (exact) mass is 339 g/mol. The first-order valence-corrected chi connectivity index (χ1v) is 9.34. The summed E-state index contributed by atoms with van der Waals surface area (Å²) in [5.74, 6) is 1.88. The predicted octanol–water partition coefficient (Wildman–Crippen LogP) is 2.53. The number of fused-ring (bicyclic) bond motifs is 1. The van der Waals surface area contributed by atoms with Crippen LogP contribution in [0.3, 0.4) is 0 Å². The van der Waals surface area contributed by atoms with Crippen LogP contribution in [0.15, 0.2) is 24.5 Å². The van der Waals surface area contributed by atoms with E-state index >= 15 is 0 Å². The molecule has 6 heteroatoms. The Morgan fingerprint density at radius 2 is 1.96 bits per heavy atom. The van der Waals surface area contributed by atoms with E-state index in [9.17, 15) is 4.79 Å². The summed E-state index contributed by atoms with van der Waals surface area (Å²) in [6.07, 6.45) is 10.9. The van der Waals surface area contributed by atoms with Gasteiger partial charge < -0.3 is 14.8 Å². The van der Waals surface area contributed by atoms with Gasteiger partial charge in [0.25, 0.3) is 5.91 Å². The molecule has 0 spiro atoms. The van der Waals surface area contributed by atoms with Crippen LogP contribution in [0, 0.1) is 0 Å². The summed E-state index contributed by atoms with van der Waals surface area (Å²) in [5.41, 5.74) is 1.60. The first-order chi connectivity index (χ1) is 12.3. The molecule has 2 aromatic rings. The zero-order valence-corrected chi connectivity index (χ0v) is 14.6. The third-order valence-electron chi connectivity index (χ3n) is 5.08. The van der Waals surface area contributed by atoms with Gasteiger partial charge in [0, 0.05) is 38.4 Å². The summed E-state index contributed by atoms with van der Waals surface area (Å²) in [5, 5.41) is 3.02. The number of imidazole rings is 1. The molecule has 0 aliphatic carbocycles. The highest BCUT2D eigenvalue weighted by Crippen LogP contribution is 2.21. The second kappa shape index (κ2) is 7.25. The Morgan fingerprint density at radius 1 is 1.12 bits per heavy atom. The van der Waals surface area contributed by atoms with E-state index in [2.05, 4.69) is 30.9 Å². The van der Waals surface area contributed by atoms with E-state index in [1.807, 2.05) is 12.1 Å². The first-order valence-electron chi connectivity index (χ1n) is 9.34. The smallest absolute Gasteiger partial charge is 0.255 e. The van der Waals surface area contributed by atoms with Gasteiger partial charge in [0.15, 0.2) is 0 Å². The molecule has 1 saturated heterocycles. The van der Waals surface area contributed by atoms with Crippen LogP contribution < -0.4 is 10.2 Å². The van der Waals surface area contributed by atoms with E-state index in [1.54, 1.807) is 6.20 Å². The van der Waals surface area contributed by atoms with Crippen LogP contribution in [0.5, 0.6) is 0 Å². The minimum atomic E-state index is -0.0698. The number of nitrogens with zero attached hydrogens (tertiary/aromatic N) is 4. The number of pyridine rings is 1. The van der Waals surface area contributed by atoms with Crippen molar-refractivity contribution in [2.45, 2.75) is 51.6 Å². The number of carbonyl (C=O) groups excluding carboxylic acids is 1. The van der Waals surface area contributed by atoms with E-state index in [1.165, 1.54) is 19.3 Å². The van der Waals surface area contributed by atoms with E-state index in [0.29, 0.717) is 12.1 Å². The topological polar surface area (TPSA) is 63.1 Å². The molecule has 0 aromatic carbocycles. The number of amides is 1. The van der Waals surface area contributed by atoms with Crippen LogP contribution in [0.2, 0.25) is 0 Å². The van der Waals surface area contributed by atoms with Crippen LogP contribution in [0.1, 0.15) is 54.0 Å². The molecule has 4 heterocycles. The maximum Gasteiger partial charge on any atom is 0.255 e. The second-order valence-electron chi connectivity index (χ2n) is 6.90. The van der Waals surface area contributed by atoms with Gasteiger partial charge >= 0.3 is 0 Å². The molecule has 0 radical (unpaired) electrons. The highest BCUT2D eigenvalue weighted by atomic mass is 16.1. The lowest BCUT2D eigenvalue weighted by Gasteiger charge is -2.29. The normalized spacial score (nSPS) is 17.2. The largest absolute Gasteiger partial charge is 0.356 e. The molecule has 4 rings (SSSR count). The molecule has 2 aliphatic rings. The average Bonchev–Trinajstić information content (AvgIpc) is 3.10. The quantitative estimate of drug-likeness (QED) is 0.930. The fourth-order valence-corrected chi connectivity index (χ4v) is 3.75. The highest BCUT2D eigenvalue weighted by Gasteiger charge is 2.20. The van der Waals surface area contributed by atoms with Crippen LogP contribution >= 0.6 is 0 Å². The molecule has 0 saturated carbocycles. The van der Waals surface area contributed by atoms with Crippen molar-refractivity contribution in [2.24, 2.45) is 0 Å². The Morgan fingerprint density at radius 3 is 2.80 bits per heavy atom. The molecule has 1 N–H and O–H groups in total. The van der Waals surface area contributed by atoms with Gasteiger partial charge in [-0.05, 0) is 44.2 Å². The fourth-order valence-electron chi connectivity index (χ4n) is 3.75. The van der Waals surface area contributed by atoms with E-state index < -0.39 is 0 Å². The van der Waals surface area contributed by atoms with E-state index in [0.717, 1.165) is 56.2 Å². The van der Waals surface area contributed by atoms with Crippen molar-refractivity contribution >= 4 is 11.7 Å². The van der Waals surface area contributed by atoms with Crippen molar-refractivity contribution in [1.82, 2.24) is 19.9 Å². The SMILES string of the molecule is O=C(NCc1cn2c(n1)CCCC2)c1cccnc1N1CCCCC1. The zero-order valence-electron chi connectivity index (χ0n) is 14.6. The van der Waals surface area contributed by atoms with Gasteiger partial charge in [-0.3, -0.25) is 4.79 Å². The Hall–Kier alpha value is -2.37. The van der Waals surface area contributed by atoms with Crippen molar-refractivity contribution in [2.75, 3.05) is 18.0 Å². The molecule has 25 heavy (non-hydrogen) atoms. The number of piperidine rings is 1. The number of anilines is 1. The van der Waals surface area contributed by atoms with Crippen LogP contribution in [-0.2, 0) is 19.5 Å². The lowest BCUT2D eigenvalue weighted by atomic mass is 10.1. The molecule has 0 bridgehead atoms. The minimum Gasteiger partial charge on any atom is -0.356 e. The number of hydrogen-bond donors (Lipinski definition) is 1. The van der Waals surface area contributed by atoms with Gasteiger partial charge in [-0.15, -0.1) is 0 Å². The van der Waals surface area contributed by atoms with Crippen LogP contribution in [0.4, 0.5) is 5.82 Å². The molecular formula is C19H25N5O. The van der Waals surface area contributed by atoms with Gasteiger partial charge in [-0.2, -0.15) is 0 Å². The van der Waals surface area contributed by atoms with Crippen molar-refractivity contribution in [1.29, 1.82) is 0 Å². The number of carbonyl (C=O) groups is 1. The molecule has 6 nitrogen and oxygen atoms in total. The molecule has 1 fully saturated rings. The van der Waals surface area contributed by atoms with E-state index in [4.69, 9.17) is 0 Å². The Labute approximate surface area is 148 Å². The summed E-state index contributed by atoms with van der Waals surface area (Å²) >= 11 is 0. The molecular weight excluding hydrogens is 314 g/mol. The highest BCUT2D eigenvalue weighted by molar-refractivity contribution is 5.98. The predicted molar refractivity (Wildman–Crippen MR) is 96.6 cm³/mol. The summed E-state index contributed by atoms with van der Waals surface area (Å²) in [4.78, 5) is 24.1. The first kappa shape index (κ1) is 16.1. The number of rotatable bonds is 4. The van der Waals surface area contributed by atoms with Crippen LogP contribution in [0.25, 0.3) is 0 Å². The Kier molecular flexibility index (Phi) is 4.68. The molecule has 1 amide bonds. The lowest BCUT2D eigenvalue weighted by Crippen LogP contribution is -2.33. The van der Waals surface area contributed by atoms with Gasteiger partial charge in [-0.25, -0.2) is 9.97 Å². The number of aromatic nitrogens is 3. The van der Waals surface area contributed by atoms with Crippen molar-refractivity contribution < 1.29 is 4.79 Å². The van der Waals surface area contributed by atoms with Gasteiger partial charge in [-0.1, -0.05) is 0 Å². The Balaban J connectivity index is 1.45. The summed E-state index contributed by atoms with van der Waals surface area (Å²) < 4.78 is 2.22. The second-order valence-corrected chi connectivity index (χ2v) is 6.90. The van der Waals surface area contributed by atoms with Crippen LogP contribution in [-0.4, -0.2) is 33.5 Å². The third kappa shape index (κ3) is 3.52. The number of aryl methyl sites for hydroxylation is 2. The summed E-state index contributed by atoms with van der Waals surface area (Å²) in [6, 6.07) is 3.70. The van der Waals surface area contributed by atoms with Crippen molar-refractivity contribution in [3.63, 3.8) is 0 Å². The lowest BCUT2D eigenvalue weighted by molar-refractivity contribution is 0.0950. The molecule has 2 aliphatic heterocycles. The third-order valence-corrected chi connectivity index (χ3v) is 5.08. The summed E-state index contributed by atoms with van der Waals surface area (Å²) in [7, 11) is 0. The van der Waals surface area contributed by atoms with Crippen molar-refractivity contribution in [3.05, 3.63) is 41.6 Å². The number of hydrogen-bond acceptors (Lipinski definition) is 4. The Bertz CT molecular complexity index is 725. The minimum absolute atomic E-state index is 0.0698. The molecule has 0 unspecified atom stereocenters. The van der Waals surface area contributed by atoms with Gasteiger partial charge in [0.05, 0.1) is 17.8 Å². The van der Waals surface area contributed by atoms with Crippen molar-refractivity contribution in [3.8, 4) is 0 Å². The fraction of sp³-hybridized carbons (Fsp3) is 0.526. The maximum atomic E-state index is 12.7. The number of nitrogens with one attached hydrogen (secondary N) is 1. The summed E-state index contributed by atoms with van der Waals surface area (Å²) in [6.45, 7) is 3.46. The van der Waals surface area contributed by atoms with E-state index in [-0.39, 0.29) is 5.91 Å². The molecule has 0 atom stereocenters. The zero-order chi connectivity index (χ0) is 17.1.